The van der Waals surface area contributed by atoms with Gasteiger partial charge < -0.3 is 10.8 Å². The number of nitrogens with two attached hydrogens (primary N) is 1. The number of hydrogen-bond donors (Lipinski definition) is 2. The molecule has 0 spiro atoms. The quantitative estimate of drug-likeness (QED) is 0.814. The van der Waals surface area contributed by atoms with Gasteiger partial charge in [-0.3, -0.25) is 0 Å². The lowest BCUT2D eigenvalue weighted by molar-refractivity contribution is 0.204. The Labute approximate surface area is 105 Å². The molecule has 1 unspecified atom stereocenters. The van der Waals surface area contributed by atoms with Gasteiger partial charge in [0.05, 0.1) is 11.8 Å². The third kappa shape index (κ3) is 3.22. The molecule has 0 bridgehead atoms. The van der Waals surface area contributed by atoms with Gasteiger partial charge in [-0.2, -0.15) is 0 Å². The SMILES string of the molecule is Nc1cccnc1SCC(O)c1ccccc1. The number of hydrogen-bond acceptors (Lipinski definition) is 4. The van der Waals surface area contributed by atoms with Crippen molar-refractivity contribution in [1.82, 2.24) is 4.98 Å². The highest BCUT2D eigenvalue weighted by atomic mass is 32.2. The third-order valence-electron chi connectivity index (χ3n) is 2.36. The number of pyridine rings is 1. The zero-order valence-electron chi connectivity index (χ0n) is 9.28. The third-order valence-corrected chi connectivity index (χ3v) is 3.46. The lowest BCUT2D eigenvalue weighted by atomic mass is 10.1. The van der Waals surface area contributed by atoms with Gasteiger partial charge in [-0.25, -0.2) is 4.98 Å². The topological polar surface area (TPSA) is 59.1 Å². The lowest BCUT2D eigenvalue weighted by Gasteiger charge is -2.10. The van der Waals surface area contributed by atoms with Crippen LogP contribution in [0.2, 0.25) is 0 Å². The smallest absolute Gasteiger partial charge is 0.119 e. The first-order valence-corrected chi connectivity index (χ1v) is 6.32. The molecule has 0 amide bonds. The molecule has 2 aromatic rings. The van der Waals surface area contributed by atoms with Gasteiger partial charge in [-0.1, -0.05) is 30.3 Å². The van der Waals surface area contributed by atoms with Crippen molar-refractivity contribution in [2.75, 3.05) is 11.5 Å². The van der Waals surface area contributed by atoms with E-state index in [-0.39, 0.29) is 0 Å². The summed E-state index contributed by atoms with van der Waals surface area (Å²) in [5.74, 6) is 0.547. The van der Waals surface area contributed by atoms with Gasteiger partial charge in [0.2, 0.25) is 0 Å². The fraction of sp³-hybridized carbons (Fsp3) is 0.154. The first-order chi connectivity index (χ1) is 8.27. The van der Waals surface area contributed by atoms with Crippen LogP contribution in [0.5, 0.6) is 0 Å². The minimum Gasteiger partial charge on any atom is -0.397 e. The van der Waals surface area contributed by atoms with Crippen molar-refractivity contribution < 1.29 is 5.11 Å². The molecule has 88 valence electrons. The number of nitrogen functional groups attached to an aromatic ring is 1. The van der Waals surface area contributed by atoms with Crippen LogP contribution in [0.25, 0.3) is 0 Å². The molecular weight excluding hydrogens is 232 g/mol. The van der Waals surface area contributed by atoms with Crippen molar-refractivity contribution in [3.8, 4) is 0 Å². The predicted molar refractivity (Wildman–Crippen MR) is 70.8 cm³/mol. The molecule has 4 heteroatoms. The summed E-state index contributed by atoms with van der Waals surface area (Å²) < 4.78 is 0. The number of nitrogens with zero attached hydrogens (tertiary/aromatic N) is 1. The number of rotatable bonds is 4. The zero-order valence-corrected chi connectivity index (χ0v) is 10.1. The van der Waals surface area contributed by atoms with Gasteiger partial charge in [-0.05, 0) is 17.7 Å². The summed E-state index contributed by atoms with van der Waals surface area (Å²) >= 11 is 1.46. The molecule has 0 saturated heterocycles. The Morgan fingerprint density at radius 3 is 2.65 bits per heavy atom. The predicted octanol–water partition coefficient (Wildman–Crippen LogP) is 2.49. The Morgan fingerprint density at radius 2 is 1.94 bits per heavy atom. The van der Waals surface area contributed by atoms with E-state index in [2.05, 4.69) is 4.98 Å². The average Bonchev–Trinajstić information content (AvgIpc) is 2.38. The second-order valence-electron chi connectivity index (χ2n) is 3.64. The Kier molecular flexibility index (Phi) is 4.01. The molecule has 0 aliphatic carbocycles. The highest BCUT2D eigenvalue weighted by molar-refractivity contribution is 7.99. The summed E-state index contributed by atoms with van der Waals surface area (Å²) in [6, 6.07) is 13.2. The van der Waals surface area contributed by atoms with Gasteiger partial charge in [0, 0.05) is 11.9 Å². The number of aliphatic hydroxyl groups is 1. The molecule has 3 nitrogen and oxygen atoms in total. The molecule has 1 aromatic carbocycles. The van der Waals surface area contributed by atoms with E-state index in [0.717, 1.165) is 10.6 Å². The Bertz CT molecular complexity index is 476. The van der Waals surface area contributed by atoms with Crippen LogP contribution in [0.3, 0.4) is 0 Å². The summed E-state index contributed by atoms with van der Waals surface area (Å²) in [4.78, 5) is 4.17. The number of aromatic nitrogens is 1. The largest absolute Gasteiger partial charge is 0.397 e. The normalized spacial score (nSPS) is 12.3. The van der Waals surface area contributed by atoms with Crippen LogP contribution in [-0.2, 0) is 0 Å². The van der Waals surface area contributed by atoms with Crippen LogP contribution in [0.4, 0.5) is 5.69 Å². The summed E-state index contributed by atoms with van der Waals surface area (Å²) in [6.45, 7) is 0. The van der Waals surface area contributed by atoms with Crippen molar-refractivity contribution in [1.29, 1.82) is 0 Å². The molecule has 0 radical (unpaired) electrons. The molecule has 2 rings (SSSR count). The van der Waals surface area contributed by atoms with Crippen LogP contribution < -0.4 is 5.73 Å². The van der Waals surface area contributed by atoms with Crippen LogP contribution in [-0.4, -0.2) is 15.8 Å². The number of aliphatic hydroxyl groups excluding tert-OH is 1. The monoisotopic (exact) mass is 246 g/mol. The van der Waals surface area contributed by atoms with E-state index >= 15 is 0 Å². The van der Waals surface area contributed by atoms with Gasteiger partial charge >= 0.3 is 0 Å². The molecule has 1 aromatic heterocycles. The minimum absolute atomic E-state index is 0.498. The Hall–Kier alpha value is -1.52. The fourth-order valence-electron chi connectivity index (χ4n) is 1.45. The van der Waals surface area contributed by atoms with E-state index in [1.807, 2.05) is 36.4 Å². The van der Waals surface area contributed by atoms with Crippen LogP contribution in [0, 0.1) is 0 Å². The first-order valence-electron chi connectivity index (χ1n) is 5.33. The van der Waals surface area contributed by atoms with Gasteiger partial charge in [0.15, 0.2) is 0 Å². The standard InChI is InChI=1S/C13H14N2OS/c14-11-7-4-8-15-13(11)17-9-12(16)10-5-2-1-3-6-10/h1-8,12,16H,9,14H2. The molecule has 3 N–H and O–H groups in total. The van der Waals surface area contributed by atoms with E-state index in [4.69, 9.17) is 5.73 Å². The molecule has 0 aliphatic rings. The molecular formula is C13H14N2OS. The van der Waals surface area contributed by atoms with Crippen molar-refractivity contribution >= 4 is 17.4 Å². The van der Waals surface area contributed by atoms with Gasteiger partial charge in [-0.15, -0.1) is 11.8 Å². The maximum absolute atomic E-state index is 9.98. The Morgan fingerprint density at radius 1 is 1.18 bits per heavy atom. The maximum Gasteiger partial charge on any atom is 0.119 e. The summed E-state index contributed by atoms with van der Waals surface area (Å²) in [7, 11) is 0. The Balaban J connectivity index is 1.97. The molecule has 0 fully saturated rings. The molecule has 1 heterocycles. The van der Waals surface area contributed by atoms with E-state index in [9.17, 15) is 5.11 Å². The van der Waals surface area contributed by atoms with E-state index in [0.29, 0.717) is 11.4 Å². The molecule has 1 atom stereocenters. The van der Waals surface area contributed by atoms with Crippen molar-refractivity contribution in [3.05, 3.63) is 54.2 Å². The molecule has 0 saturated carbocycles. The number of thioether (sulfide) groups is 1. The second-order valence-corrected chi connectivity index (χ2v) is 4.64. The van der Waals surface area contributed by atoms with E-state index in [1.54, 1.807) is 12.3 Å². The van der Waals surface area contributed by atoms with Crippen LogP contribution in [0.15, 0.2) is 53.7 Å². The van der Waals surface area contributed by atoms with Crippen molar-refractivity contribution in [3.63, 3.8) is 0 Å². The highest BCUT2D eigenvalue weighted by Gasteiger charge is 2.09. The van der Waals surface area contributed by atoms with Crippen molar-refractivity contribution in [2.24, 2.45) is 0 Å². The summed E-state index contributed by atoms with van der Waals surface area (Å²) in [5.41, 5.74) is 7.34. The number of anilines is 1. The lowest BCUT2D eigenvalue weighted by Crippen LogP contribution is -2.01. The summed E-state index contributed by atoms with van der Waals surface area (Å²) in [6.07, 6.45) is 1.20. The van der Waals surface area contributed by atoms with Crippen LogP contribution in [0.1, 0.15) is 11.7 Å². The fourth-order valence-corrected chi connectivity index (χ4v) is 2.33. The minimum atomic E-state index is -0.498. The van der Waals surface area contributed by atoms with Crippen molar-refractivity contribution in [2.45, 2.75) is 11.1 Å². The van der Waals surface area contributed by atoms with Gasteiger partial charge in [0.1, 0.15) is 5.03 Å². The first kappa shape index (κ1) is 12.0. The maximum atomic E-state index is 9.98. The van der Waals surface area contributed by atoms with Crippen LogP contribution >= 0.6 is 11.8 Å². The van der Waals surface area contributed by atoms with E-state index < -0.39 is 6.10 Å². The molecule has 0 aliphatic heterocycles. The van der Waals surface area contributed by atoms with Gasteiger partial charge in [0.25, 0.3) is 0 Å². The number of benzene rings is 1. The molecule has 17 heavy (non-hydrogen) atoms. The zero-order chi connectivity index (χ0) is 12.1. The highest BCUT2D eigenvalue weighted by Crippen LogP contribution is 2.26. The second kappa shape index (κ2) is 5.70. The average molecular weight is 246 g/mol. The summed E-state index contributed by atoms with van der Waals surface area (Å²) in [5, 5.41) is 10.7. The van der Waals surface area contributed by atoms with E-state index in [1.165, 1.54) is 11.8 Å².